The van der Waals surface area contributed by atoms with Gasteiger partial charge in [0.25, 0.3) is 0 Å². The van der Waals surface area contributed by atoms with E-state index >= 15 is 0 Å². The molecule has 1 aromatic carbocycles. The number of hydrogen-bond acceptors (Lipinski definition) is 2. The number of nitrogens with two attached hydrogens (primary N) is 1. The molecule has 0 aliphatic rings. The van der Waals surface area contributed by atoms with E-state index in [9.17, 15) is 9.18 Å². The third kappa shape index (κ3) is 2.10. The Balaban J connectivity index is 3.07. The van der Waals surface area contributed by atoms with Gasteiger partial charge in [-0.15, -0.1) is 0 Å². The average molecular weight is 261 g/mol. The van der Waals surface area contributed by atoms with E-state index in [4.69, 9.17) is 5.84 Å². The molecule has 1 rings (SSSR count). The Bertz CT molecular complexity index is 357. The van der Waals surface area contributed by atoms with Crippen LogP contribution in [0.5, 0.6) is 0 Å². The van der Waals surface area contributed by atoms with Gasteiger partial charge in [0, 0.05) is 5.56 Å². The highest BCUT2D eigenvalue weighted by Crippen LogP contribution is 2.24. The van der Waals surface area contributed by atoms with Crippen molar-refractivity contribution < 1.29 is 9.18 Å². The Morgan fingerprint density at radius 1 is 1.64 bits per heavy atom. The number of carbonyl (C=O) groups is 1. The Hall–Kier alpha value is -0.940. The van der Waals surface area contributed by atoms with E-state index in [2.05, 4.69) is 15.9 Å². The van der Waals surface area contributed by atoms with E-state index in [1.807, 2.05) is 5.43 Å². The van der Waals surface area contributed by atoms with Crippen molar-refractivity contribution in [3.8, 4) is 0 Å². The first-order chi connectivity index (χ1) is 6.57. The number of rotatable bonds is 2. The van der Waals surface area contributed by atoms with Gasteiger partial charge in [0.05, 0.1) is 10.4 Å². The topological polar surface area (TPSA) is 55.1 Å². The van der Waals surface area contributed by atoms with Crippen molar-refractivity contribution in [2.45, 2.75) is 12.8 Å². The molecule has 5 heteroatoms. The van der Waals surface area contributed by atoms with Gasteiger partial charge in [-0.1, -0.05) is 12.1 Å². The maximum absolute atomic E-state index is 13.5. The summed E-state index contributed by atoms with van der Waals surface area (Å²) in [6.07, 6.45) is 0. The van der Waals surface area contributed by atoms with Crippen LogP contribution in [0.2, 0.25) is 0 Å². The van der Waals surface area contributed by atoms with E-state index in [0.717, 1.165) is 0 Å². The Morgan fingerprint density at radius 3 is 2.86 bits per heavy atom. The standard InChI is InChI=1S/C9H10BrFN2O/c1-5(9(14)13-12)6-3-2-4-7(10)8(6)11/h2-5H,12H2,1H3,(H,13,14). The van der Waals surface area contributed by atoms with Gasteiger partial charge in [0.1, 0.15) is 5.82 Å². The van der Waals surface area contributed by atoms with Crippen LogP contribution in [0.4, 0.5) is 4.39 Å². The summed E-state index contributed by atoms with van der Waals surface area (Å²) in [5.41, 5.74) is 2.31. The fraction of sp³-hybridized carbons (Fsp3) is 0.222. The van der Waals surface area contributed by atoms with Crippen molar-refractivity contribution in [3.63, 3.8) is 0 Å². The highest BCUT2D eigenvalue weighted by molar-refractivity contribution is 9.10. The summed E-state index contributed by atoms with van der Waals surface area (Å²) in [5.74, 6) is 3.52. The predicted octanol–water partition coefficient (Wildman–Crippen LogP) is 1.68. The number of hydrogen-bond donors (Lipinski definition) is 2. The van der Waals surface area contributed by atoms with Crippen LogP contribution in [-0.2, 0) is 4.79 Å². The summed E-state index contributed by atoms with van der Waals surface area (Å²) in [6, 6.07) is 4.80. The molecular formula is C9H10BrFN2O. The number of amides is 1. The second-order valence-electron chi connectivity index (χ2n) is 2.87. The van der Waals surface area contributed by atoms with Crippen LogP contribution in [0.25, 0.3) is 0 Å². The van der Waals surface area contributed by atoms with E-state index in [0.29, 0.717) is 10.0 Å². The molecule has 1 unspecified atom stereocenters. The van der Waals surface area contributed by atoms with Crippen molar-refractivity contribution in [1.29, 1.82) is 0 Å². The molecule has 0 aliphatic carbocycles. The van der Waals surface area contributed by atoms with Gasteiger partial charge >= 0.3 is 0 Å². The second-order valence-corrected chi connectivity index (χ2v) is 3.73. The fourth-order valence-corrected chi connectivity index (χ4v) is 1.50. The Morgan fingerprint density at radius 2 is 2.29 bits per heavy atom. The first kappa shape index (κ1) is 11.1. The quantitative estimate of drug-likeness (QED) is 0.483. The number of carbonyl (C=O) groups excluding carboxylic acids is 1. The second kappa shape index (κ2) is 4.52. The van der Waals surface area contributed by atoms with Crippen molar-refractivity contribution in [3.05, 3.63) is 34.1 Å². The summed E-state index contributed by atoms with van der Waals surface area (Å²) in [6.45, 7) is 1.59. The van der Waals surface area contributed by atoms with Crippen LogP contribution in [0.3, 0.4) is 0 Å². The van der Waals surface area contributed by atoms with Crippen molar-refractivity contribution in [2.24, 2.45) is 5.84 Å². The maximum atomic E-state index is 13.5. The molecule has 1 atom stereocenters. The minimum Gasteiger partial charge on any atom is -0.294 e. The summed E-state index contributed by atoms with van der Waals surface area (Å²) in [4.78, 5) is 11.2. The molecule has 0 radical (unpaired) electrons. The SMILES string of the molecule is CC(C(=O)NN)c1cccc(Br)c1F. The highest BCUT2D eigenvalue weighted by atomic mass is 79.9. The van der Waals surface area contributed by atoms with Crippen LogP contribution in [-0.4, -0.2) is 5.91 Å². The Kier molecular flexibility index (Phi) is 3.60. The molecule has 14 heavy (non-hydrogen) atoms. The van der Waals surface area contributed by atoms with E-state index in [1.54, 1.807) is 25.1 Å². The molecule has 1 amide bonds. The van der Waals surface area contributed by atoms with Crippen LogP contribution in [0.15, 0.2) is 22.7 Å². The zero-order valence-electron chi connectivity index (χ0n) is 7.55. The van der Waals surface area contributed by atoms with Gasteiger partial charge in [-0.25, -0.2) is 10.2 Å². The smallest absolute Gasteiger partial charge is 0.241 e. The van der Waals surface area contributed by atoms with Gasteiger partial charge < -0.3 is 0 Å². The summed E-state index contributed by atoms with van der Waals surface area (Å²) >= 11 is 3.05. The molecule has 1 aromatic rings. The van der Waals surface area contributed by atoms with Gasteiger partial charge in [0.2, 0.25) is 5.91 Å². The molecule has 0 heterocycles. The predicted molar refractivity (Wildman–Crippen MR) is 54.8 cm³/mol. The molecular weight excluding hydrogens is 251 g/mol. The largest absolute Gasteiger partial charge is 0.294 e. The molecule has 0 fully saturated rings. The first-order valence-corrected chi connectivity index (χ1v) is 4.81. The van der Waals surface area contributed by atoms with Gasteiger partial charge in [0.15, 0.2) is 0 Å². The molecule has 0 saturated carbocycles. The number of halogens is 2. The Labute approximate surface area is 89.6 Å². The molecule has 3 nitrogen and oxygen atoms in total. The molecule has 0 bridgehead atoms. The number of benzene rings is 1. The lowest BCUT2D eigenvalue weighted by Gasteiger charge is -2.11. The van der Waals surface area contributed by atoms with E-state index in [1.165, 1.54) is 0 Å². The molecule has 0 spiro atoms. The van der Waals surface area contributed by atoms with Gasteiger partial charge in [-0.2, -0.15) is 0 Å². The molecule has 76 valence electrons. The third-order valence-corrected chi connectivity index (χ3v) is 2.60. The van der Waals surface area contributed by atoms with Crippen LogP contribution >= 0.6 is 15.9 Å². The molecule has 0 aliphatic heterocycles. The normalized spacial score (nSPS) is 12.3. The highest BCUT2D eigenvalue weighted by Gasteiger charge is 2.18. The number of nitrogens with one attached hydrogen (secondary N) is 1. The lowest BCUT2D eigenvalue weighted by atomic mass is 10.0. The maximum Gasteiger partial charge on any atom is 0.241 e. The van der Waals surface area contributed by atoms with Crippen molar-refractivity contribution in [2.75, 3.05) is 0 Å². The van der Waals surface area contributed by atoms with E-state index in [-0.39, 0.29) is 0 Å². The first-order valence-electron chi connectivity index (χ1n) is 4.02. The summed E-state index contributed by atoms with van der Waals surface area (Å²) < 4.78 is 13.8. The van der Waals surface area contributed by atoms with Crippen LogP contribution in [0, 0.1) is 5.82 Å². The van der Waals surface area contributed by atoms with Crippen LogP contribution in [0.1, 0.15) is 18.4 Å². The summed E-state index contributed by atoms with van der Waals surface area (Å²) in [7, 11) is 0. The van der Waals surface area contributed by atoms with Gasteiger partial charge in [-0.05, 0) is 28.9 Å². The zero-order valence-corrected chi connectivity index (χ0v) is 9.14. The summed E-state index contributed by atoms with van der Waals surface area (Å²) in [5, 5.41) is 0. The minimum absolute atomic E-state index is 0.322. The molecule has 0 aromatic heterocycles. The number of hydrazine groups is 1. The lowest BCUT2D eigenvalue weighted by Crippen LogP contribution is -2.34. The fourth-order valence-electron chi connectivity index (χ4n) is 1.12. The molecule has 0 saturated heterocycles. The zero-order chi connectivity index (χ0) is 10.7. The monoisotopic (exact) mass is 260 g/mol. The third-order valence-electron chi connectivity index (χ3n) is 1.98. The van der Waals surface area contributed by atoms with Crippen molar-refractivity contribution >= 4 is 21.8 Å². The average Bonchev–Trinajstić information content (AvgIpc) is 2.20. The minimum atomic E-state index is -0.600. The molecule has 3 N–H and O–H groups in total. The lowest BCUT2D eigenvalue weighted by molar-refractivity contribution is -0.122. The van der Waals surface area contributed by atoms with Crippen molar-refractivity contribution in [1.82, 2.24) is 5.43 Å². The van der Waals surface area contributed by atoms with Crippen LogP contribution < -0.4 is 11.3 Å². The van der Waals surface area contributed by atoms with Gasteiger partial charge in [-0.3, -0.25) is 10.2 Å². The van der Waals surface area contributed by atoms with E-state index < -0.39 is 17.6 Å².